The van der Waals surface area contributed by atoms with Gasteiger partial charge in [-0.05, 0) is 32.3 Å². The van der Waals surface area contributed by atoms with Gasteiger partial charge in [-0.25, -0.2) is 4.79 Å². The highest BCUT2D eigenvalue weighted by Crippen LogP contribution is 2.25. The monoisotopic (exact) mass is 254 g/mol. The summed E-state index contributed by atoms with van der Waals surface area (Å²) >= 11 is 0. The van der Waals surface area contributed by atoms with Gasteiger partial charge in [0.25, 0.3) is 0 Å². The molecule has 0 saturated heterocycles. The van der Waals surface area contributed by atoms with Gasteiger partial charge in [0, 0.05) is 11.6 Å². The predicted octanol–water partition coefficient (Wildman–Crippen LogP) is 1.39. The second-order valence-electron chi connectivity index (χ2n) is 4.29. The largest absolute Gasteiger partial charge is 0.463 e. The van der Waals surface area contributed by atoms with Crippen molar-refractivity contribution >= 4 is 5.97 Å². The van der Waals surface area contributed by atoms with E-state index in [9.17, 15) is 14.9 Å². The Bertz CT molecular complexity index is 401. The van der Waals surface area contributed by atoms with Crippen molar-refractivity contribution in [2.75, 3.05) is 6.61 Å². The first-order chi connectivity index (χ1) is 8.45. The summed E-state index contributed by atoms with van der Waals surface area (Å²) in [5.41, 5.74) is 6.54. The predicted molar refractivity (Wildman–Crippen MR) is 66.2 cm³/mol. The normalized spacial score (nSPS) is 24.4. The van der Waals surface area contributed by atoms with Crippen LogP contribution in [0.1, 0.15) is 26.7 Å². The Morgan fingerprint density at radius 3 is 2.89 bits per heavy atom. The molecule has 2 N–H and O–H groups in total. The highest BCUT2D eigenvalue weighted by molar-refractivity contribution is 5.87. The summed E-state index contributed by atoms with van der Waals surface area (Å²) < 4.78 is 4.87. The summed E-state index contributed by atoms with van der Waals surface area (Å²) in [4.78, 5) is 21.7. The number of allylic oxidation sites excluding steroid dienone is 1. The van der Waals surface area contributed by atoms with E-state index in [2.05, 4.69) is 0 Å². The van der Waals surface area contributed by atoms with Gasteiger partial charge in [-0.2, -0.15) is 0 Å². The molecule has 0 aromatic heterocycles. The molecule has 6 nitrogen and oxygen atoms in total. The van der Waals surface area contributed by atoms with Gasteiger partial charge in [0.05, 0.1) is 18.0 Å². The Morgan fingerprint density at radius 1 is 1.72 bits per heavy atom. The number of nitrogens with two attached hydrogens (primary N) is 1. The molecule has 0 aromatic carbocycles. The summed E-state index contributed by atoms with van der Waals surface area (Å²) in [7, 11) is 0. The van der Waals surface area contributed by atoms with Crippen LogP contribution in [0, 0.1) is 16.0 Å². The number of esters is 1. The van der Waals surface area contributed by atoms with Crippen LogP contribution in [0.15, 0.2) is 23.4 Å². The summed E-state index contributed by atoms with van der Waals surface area (Å²) in [5.74, 6) is -0.424. The molecule has 2 atom stereocenters. The smallest absolute Gasteiger partial charge is 0.333 e. The van der Waals surface area contributed by atoms with Gasteiger partial charge in [0.1, 0.15) is 0 Å². The number of rotatable bonds is 4. The van der Waals surface area contributed by atoms with E-state index in [1.54, 1.807) is 26.0 Å². The van der Waals surface area contributed by atoms with E-state index in [0.29, 0.717) is 18.6 Å². The third-order valence-corrected chi connectivity index (χ3v) is 2.92. The number of hydrogen-bond donors (Lipinski definition) is 1. The lowest BCUT2D eigenvalue weighted by Crippen LogP contribution is -2.33. The van der Waals surface area contributed by atoms with Gasteiger partial charge in [-0.1, -0.05) is 6.08 Å². The molecule has 0 fully saturated rings. The maximum Gasteiger partial charge on any atom is 0.333 e. The highest BCUT2D eigenvalue weighted by Gasteiger charge is 2.27. The van der Waals surface area contributed by atoms with Gasteiger partial charge in [-0.15, -0.1) is 0 Å². The molecule has 0 spiro atoms. The fourth-order valence-electron chi connectivity index (χ4n) is 1.90. The minimum Gasteiger partial charge on any atom is -0.463 e. The molecule has 18 heavy (non-hydrogen) atoms. The summed E-state index contributed by atoms with van der Waals surface area (Å²) in [6.07, 6.45) is 4.03. The summed E-state index contributed by atoms with van der Waals surface area (Å²) in [6.45, 7) is 3.73. The highest BCUT2D eigenvalue weighted by atomic mass is 16.6. The molecule has 2 unspecified atom stereocenters. The Labute approximate surface area is 106 Å². The minimum absolute atomic E-state index is 0.0573. The molecule has 0 saturated carbocycles. The molecule has 100 valence electrons. The molecule has 0 heterocycles. The lowest BCUT2D eigenvalue weighted by atomic mass is 9.86. The van der Waals surface area contributed by atoms with Crippen LogP contribution >= 0.6 is 0 Å². The van der Waals surface area contributed by atoms with Crippen LogP contribution < -0.4 is 5.73 Å². The second kappa shape index (κ2) is 6.30. The van der Waals surface area contributed by atoms with E-state index in [0.717, 1.165) is 0 Å². The second-order valence-corrected chi connectivity index (χ2v) is 4.29. The molecule has 0 aromatic rings. The van der Waals surface area contributed by atoms with Gasteiger partial charge in [0.2, 0.25) is 5.70 Å². The van der Waals surface area contributed by atoms with Gasteiger partial charge in [-0.3, -0.25) is 10.1 Å². The Balaban J connectivity index is 2.72. The van der Waals surface area contributed by atoms with Crippen LogP contribution in [0.5, 0.6) is 0 Å². The van der Waals surface area contributed by atoms with E-state index in [4.69, 9.17) is 10.5 Å². The molecular weight excluding hydrogens is 236 g/mol. The number of ether oxygens (including phenoxy) is 1. The maximum atomic E-state index is 11.4. The fourth-order valence-corrected chi connectivity index (χ4v) is 1.90. The summed E-state index contributed by atoms with van der Waals surface area (Å²) in [6, 6.07) is -0.334. The van der Waals surface area contributed by atoms with Crippen molar-refractivity contribution in [3.63, 3.8) is 0 Å². The van der Waals surface area contributed by atoms with E-state index in [-0.39, 0.29) is 30.0 Å². The molecule has 1 aliphatic rings. The maximum absolute atomic E-state index is 11.4. The van der Waals surface area contributed by atoms with Crippen LogP contribution in [0.3, 0.4) is 0 Å². The SMILES string of the molecule is CCOC(=O)/C(C)=C/C1CC=C([N+](=O)[O-])CC1N. The fraction of sp³-hybridized carbons (Fsp3) is 0.583. The zero-order chi connectivity index (χ0) is 13.7. The number of nitrogens with zero attached hydrogens (tertiary/aromatic N) is 1. The Kier molecular flexibility index (Phi) is 5.03. The van der Waals surface area contributed by atoms with Crippen LogP contribution in [-0.2, 0) is 9.53 Å². The van der Waals surface area contributed by atoms with Gasteiger partial charge in [0.15, 0.2) is 0 Å². The van der Waals surface area contributed by atoms with Crippen molar-refractivity contribution in [2.24, 2.45) is 11.7 Å². The third-order valence-electron chi connectivity index (χ3n) is 2.92. The standard InChI is InChI=1S/C12H18N2O4/c1-3-18-12(15)8(2)6-9-4-5-10(14(16)17)7-11(9)13/h5-6,9,11H,3-4,7,13H2,1-2H3/b8-6+. The number of carbonyl (C=O) groups excluding carboxylic acids is 1. The molecule has 1 rings (SSSR count). The van der Waals surface area contributed by atoms with Gasteiger partial charge >= 0.3 is 5.97 Å². The number of carbonyl (C=O) groups is 1. The summed E-state index contributed by atoms with van der Waals surface area (Å²) in [5, 5.41) is 10.6. The first-order valence-corrected chi connectivity index (χ1v) is 5.90. The zero-order valence-electron chi connectivity index (χ0n) is 10.6. The lowest BCUT2D eigenvalue weighted by Gasteiger charge is -2.23. The minimum atomic E-state index is -0.405. The molecule has 0 radical (unpaired) electrons. The van der Waals surface area contributed by atoms with E-state index < -0.39 is 4.92 Å². The molecule has 6 heteroatoms. The van der Waals surface area contributed by atoms with Crippen molar-refractivity contribution in [1.82, 2.24) is 0 Å². The average Bonchev–Trinajstić information content (AvgIpc) is 2.31. The van der Waals surface area contributed by atoms with E-state index in [1.165, 1.54) is 0 Å². The quantitative estimate of drug-likeness (QED) is 0.354. The van der Waals surface area contributed by atoms with Crippen LogP contribution in [0.2, 0.25) is 0 Å². The van der Waals surface area contributed by atoms with Crippen molar-refractivity contribution in [3.8, 4) is 0 Å². The topological polar surface area (TPSA) is 95.5 Å². The molecule has 0 aliphatic heterocycles. The van der Waals surface area contributed by atoms with Crippen molar-refractivity contribution in [1.29, 1.82) is 0 Å². The zero-order valence-corrected chi connectivity index (χ0v) is 10.6. The number of nitro groups is 1. The number of hydrogen-bond acceptors (Lipinski definition) is 5. The van der Waals surface area contributed by atoms with Crippen molar-refractivity contribution < 1.29 is 14.5 Å². The van der Waals surface area contributed by atoms with Crippen molar-refractivity contribution in [3.05, 3.63) is 33.5 Å². The first-order valence-electron chi connectivity index (χ1n) is 5.90. The Morgan fingerprint density at radius 2 is 2.39 bits per heavy atom. The van der Waals surface area contributed by atoms with Crippen LogP contribution in [0.25, 0.3) is 0 Å². The molecular formula is C12H18N2O4. The third kappa shape index (κ3) is 3.66. The van der Waals surface area contributed by atoms with E-state index >= 15 is 0 Å². The molecule has 1 aliphatic carbocycles. The average molecular weight is 254 g/mol. The lowest BCUT2D eigenvalue weighted by molar-refractivity contribution is -0.429. The van der Waals surface area contributed by atoms with Crippen molar-refractivity contribution in [2.45, 2.75) is 32.7 Å². The van der Waals surface area contributed by atoms with Gasteiger partial charge < -0.3 is 10.5 Å². The molecule has 0 amide bonds. The molecule has 0 bridgehead atoms. The van der Waals surface area contributed by atoms with Crippen LogP contribution in [-0.4, -0.2) is 23.5 Å². The first kappa shape index (κ1) is 14.4. The Hall–Kier alpha value is -1.69. The van der Waals surface area contributed by atoms with Crippen LogP contribution in [0.4, 0.5) is 0 Å². The van der Waals surface area contributed by atoms with E-state index in [1.807, 2.05) is 0 Å².